The molecule has 0 amide bonds. The van der Waals surface area contributed by atoms with Crippen molar-refractivity contribution < 1.29 is 0 Å². The summed E-state index contributed by atoms with van der Waals surface area (Å²) in [7, 11) is 0. The third-order valence-corrected chi connectivity index (χ3v) is 4.27. The van der Waals surface area contributed by atoms with E-state index in [4.69, 9.17) is 11.6 Å². The van der Waals surface area contributed by atoms with Crippen LogP contribution in [0.25, 0.3) is 0 Å². The maximum Gasteiger partial charge on any atom is 0.0519 e. The standard InChI is InChI=1S/C17H18ClN/c1-11-4-3-5-15-12(2)10-16(19-17(11)15)13-6-8-14(18)9-7-13/h3-9,12,16,19H,10H2,1-2H3/t12-,16-/m0/s1. The summed E-state index contributed by atoms with van der Waals surface area (Å²) in [4.78, 5) is 0. The van der Waals surface area contributed by atoms with Gasteiger partial charge in [0.15, 0.2) is 0 Å². The second kappa shape index (κ2) is 4.90. The van der Waals surface area contributed by atoms with E-state index < -0.39 is 0 Å². The van der Waals surface area contributed by atoms with Crippen molar-refractivity contribution in [1.82, 2.24) is 0 Å². The summed E-state index contributed by atoms with van der Waals surface area (Å²) in [6, 6.07) is 15.1. The highest BCUT2D eigenvalue weighted by Crippen LogP contribution is 2.41. The summed E-state index contributed by atoms with van der Waals surface area (Å²) in [5.74, 6) is 0.580. The lowest BCUT2D eigenvalue weighted by Gasteiger charge is -2.33. The predicted molar refractivity (Wildman–Crippen MR) is 82.0 cm³/mol. The molecule has 2 aromatic rings. The topological polar surface area (TPSA) is 12.0 Å². The molecule has 0 fully saturated rings. The lowest BCUT2D eigenvalue weighted by Crippen LogP contribution is -2.21. The van der Waals surface area contributed by atoms with Gasteiger partial charge in [-0.05, 0) is 48.1 Å². The van der Waals surface area contributed by atoms with Crippen LogP contribution in [-0.4, -0.2) is 0 Å². The van der Waals surface area contributed by atoms with Crippen LogP contribution in [0.4, 0.5) is 5.69 Å². The van der Waals surface area contributed by atoms with Crippen molar-refractivity contribution in [3.8, 4) is 0 Å². The molecular weight excluding hydrogens is 254 g/mol. The Hall–Kier alpha value is -1.47. The van der Waals surface area contributed by atoms with Crippen LogP contribution in [0.15, 0.2) is 42.5 Å². The van der Waals surface area contributed by atoms with Crippen LogP contribution in [0.1, 0.15) is 42.0 Å². The Kier molecular flexibility index (Phi) is 3.24. The summed E-state index contributed by atoms with van der Waals surface area (Å²) >= 11 is 5.97. The molecule has 1 N–H and O–H groups in total. The number of anilines is 1. The monoisotopic (exact) mass is 271 g/mol. The lowest BCUT2D eigenvalue weighted by atomic mass is 9.84. The van der Waals surface area contributed by atoms with Gasteiger partial charge in [-0.15, -0.1) is 0 Å². The Bertz CT molecular complexity index is 589. The summed E-state index contributed by atoms with van der Waals surface area (Å²) in [6.07, 6.45) is 1.12. The lowest BCUT2D eigenvalue weighted by molar-refractivity contribution is 0.578. The van der Waals surface area contributed by atoms with E-state index in [1.165, 1.54) is 22.4 Å². The van der Waals surface area contributed by atoms with Crippen LogP contribution in [-0.2, 0) is 0 Å². The van der Waals surface area contributed by atoms with Crippen LogP contribution >= 0.6 is 11.6 Å². The molecule has 1 nitrogen and oxygen atoms in total. The van der Waals surface area contributed by atoms with Gasteiger partial charge in [-0.3, -0.25) is 0 Å². The highest BCUT2D eigenvalue weighted by atomic mass is 35.5. The van der Waals surface area contributed by atoms with Crippen LogP contribution in [0.2, 0.25) is 5.02 Å². The highest BCUT2D eigenvalue weighted by Gasteiger charge is 2.25. The van der Waals surface area contributed by atoms with E-state index in [-0.39, 0.29) is 0 Å². The van der Waals surface area contributed by atoms with Gasteiger partial charge in [0.05, 0.1) is 6.04 Å². The van der Waals surface area contributed by atoms with Crippen molar-refractivity contribution in [2.75, 3.05) is 5.32 Å². The van der Waals surface area contributed by atoms with Crippen molar-refractivity contribution in [3.63, 3.8) is 0 Å². The van der Waals surface area contributed by atoms with E-state index in [0.29, 0.717) is 12.0 Å². The molecule has 0 aromatic heterocycles. The Balaban J connectivity index is 1.96. The van der Waals surface area contributed by atoms with Gasteiger partial charge in [-0.2, -0.15) is 0 Å². The maximum atomic E-state index is 5.97. The highest BCUT2D eigenvalue weighted by molar-refractivity contribution is 6.30. The number of aryl methyl sites for hydroxylation is 1. The minimum Gasteiger partial charge on any atom is -0.378 e. The second-order valence-electron chi connectivity index (χ2n) is 5.42. The number of hydrogen-bond donors (Lipinski definition) is 1. The van der Waals surface area contributed by atoms with Crippen LogP contribution < -0.4 is 5.32 Å². The van der Waals surface area contributed by atoms with Crippen LogP contribution in [0.5, 0.6) is 0 Å². The first-order valence-corrected chi connectivity index (χ1v) is 7.14. The Morgan fingerprint density at radius 3 is 2.58 bits per heavy atom. The van der Waals surface area contributed by atoms with Gasteiger partial charge in [-0.1, -0.05) is 48.9 Å². The van der Waals surface area contributed by atoms with Gasteiger partial charge in [0.25, 0.3) is 0 Å². The molecule has 3 rings (SSSR count). The summed E-state index contributed by atoms with van der Waals surface area (Å²) in [5.41, 5.74) is 5.37. The fraction of sp³-hybridized carbons (Fsp3) is 0.294. The van der Waals surface area contributed by atoms with Crippen LogP contribution in [0.3, 0.4) is 0 Å². The molecule has 1 aliphatic heterocycles. The largest absolute Gasteiger partial charge is 0.378 e. The number of hydrogen-bond acceptors (Lipinski definition) is 1. The first-order valence-electron chi connectivity index (χ1n) is 6.76. The summed E-state index contributed by atoms with van der Waals surface area (Å²) in [5, 5.41) is 4.48. The molecule has 0 saturated carbocycles. The molecule has 1 aliphatic rings. The molecule has 98 valence electrons. The van der Waals surface area contributed by atoms with E-state index >= 15 is 0 Å². The van der Waals surface area contributed by atoms with Gasteiger partial charge in [0.2, 0.25) is 0 Å². The number of nitrogens with one attached hydrogen (secondary N) is 1. The third-order valence-electron chi connectivity index (χ3n) is 4.02. The fourth-order valence-electron chi connectivity index (χ4n) is 2.93. The van der Waals surface area contributed by atoms with Gasteiger partial charge in [-0.25, -0.2) is 0 Å². The summed E-state index contributed by atoms with van der Waals surface area (Å²) in [6.45, 7) is 4.48. The quantitative estimate of drug-likeness (QED) is 0.741. The molecular formula is C17H18ClN. The van der Waals surface area contributed by atoms with Crippen molar-refractivity contribution in [3.05, 3.63) is 64.2 Å². The minimum absolute atomic E-state index is 0.376. The maximum absolute atomic E-state index is 5.97. The van der Waals surface area contributed by atoms with Gasteiger partial charge in [0.1, 0.15) is 0 Å². The van der Waals surface area contributed by atoms with E-state index in [0.717, 1.165) is 11.4 Å². The van der Waals surface area contributed by atoms with Crippen molar-refractivity contribution in [1.29, 1.82) is 0 Å². The zero-order valence-electron chi connectivity index (χ0n) is 11.3. The number of para-hydroxylation sites is 1. The SMILES string of the molecule is Cc1cccc2c1N[C@H](c1ccc(Cl)cc1)C[C@@H]2C. The van der Waals surface area contributed by atoms with Gasteiger partial charge < -0.3 is 5.32 Å². The smallest absolute Gasteiger partial charge is 0.0519 e. The molecule has 0 aliphatic carbocycles. The van der Waals surface area contributed by atoms with Crippen molar-refractivity contribution in [2.45, 2.75) is 32.2 Å². The Morgan fingerprint density at radius 2 is 1.84 bits per heavy atom. The molecule has 0 radical (unpaired) electrons. The molecule has 0 bridgehead atoms. The van der Waals surface area contributed by atoms with E-state index in [1.807, 2.05) is 12.1 Å². The normalized spacial score (nSPS) is 21.6. The number of fused-ring (bicyclic) bond motifs is 1. The zero-order valence-corrected chi connectivity index (χ0v) is 12.0. The number of halogens is 1. The van der Waals surface area contributed by atoms with Crippen molar-refractivity contribution >= 4 is 17.3 Å². The molecule has 2 atom stereocenters. The zero-order chi connectivity index (χ0) is 13.4. The van der Waals surface area contributed by atoms with E-state index in [2.05, 4.69) is 49.5 Å². The average molecular weight is 272 g/mol. The first-order chi connectivity index (χ1) is 9.15. The minimum atomic E-state index is 0.376. The molecule has 0 spiro atoms. The summed E-state index contributed by atoms with van der Waals surface area (Å²) < 4.78 is 0. The van der Waals surface area contributed by atoms with Crippen LogP contribution in [0, 0.1) is 6.92 Å². The van der Waals surface area contributed by atoms with Gasteiger partial charge in [0, 0.05) is 10.7 Å². The third kappa shape index (κ3) is 2.35. The molecule has 1 heterocycles. The molecule has 19 heavy (non-hydrogen) atoms. The molecule has 2 aromatic carbocycles. The second-order valence-corrected chi connectivity index (χ2v) is 5.86. The average Bonchev–Trinajstić information content (AvgIpc) is 2.41. The van der Waals surface area contributed by atoms with E-state index in [9.17, 15) is 0 Å². The Morgan fingerprint density at radius 1 is 1.11 bits per heavy atom. The van der Waals surface area contributed by atoms with E-state index in [1.54, 1.807) is 0 Å². The molecule has 0 unspecified atom stereocenters. The molecule has 2 heteroatoms. The Labute approximate surface area is 119 Å². The first kappa shape index (κ1) is 12.6. The van der Waals surface area contributed by atoms with Crippen molar-refractivity contribution in [2.24, 2.45) is 0 Å². The fourth-order valence-corrected chi connectivity index (χ4v) is 3.05. The number of rotatable bonds is 1. The predicted octanol–water partition coefficient (Wildman–Crippen LogP) is 5.31. The van der Waals surface area contributed by atoms with Gasteiger partial charge >= 0.3 is 0 Å². The number of benzene rings is 2. The molecule has 0 saturated heterocycles.